The predicted octanol–water partition coefficient (Wildman–Crippen LogP) is 6.75. The van der Waals surface area contributed by atoms with Crippen LogP contribution >= 0.6 is 0 Å². The summed E-state index contributed by atoms with van der Waals surface area (Å²) in [7, 11) is 0. The molecule has 256 valence electrons. The SMILES string of the molecule is OCCOCCOCCOCCOCCOCC(O)(CCCCCCCCCCCCCc1ccccc1)Oc1ccccc1. The Bertz CT molecular complexity index is 885. The Balaban J connectivity index is 1.46. The molecule has 0 spiro atoms. The van der Waals surface area contributed by atoms with E-state index in [1.54, 1.807) is 0 Å². The van der Waals surface area contributed by atoms with Crippen LogP contribution in [-0.2, 0) is 30.1 Å². The van der Waals surface area contributed by atoms with Crippen molar-refractivity contribution in [2.24, 2.45) is 0 Å². The fourth-order valence-electron chi connectivity index (χ4n) is 5.00. The molecule has 2 aromatic rings. The zero-order valence-electron chi connectivity index (χ0n) is 27.6. The molecule has 0 saturated heterocycles. The molecule has 0 aliphatic carbocycles. The van der Waals surface area contributed by atoms with Crippen LogP contribution in [-0.4, -0.2) is 88.7 Å². The van der Waals surface area contributed by atoms with E-state index in [1.165, 1.54) is 69.8 Å². The third-order valence-corrected chi connectivity index (χ3v) is 7.48. The number of hydrogen-bond donors (Lipinski definition) is 2. The van der Waals surface area contributed by atoms with Crippen molar-refractivity contribution in [1.29, 1.82) is 0 Å². The molecule has 8 heteroatoms. The van der Waals surface area contributed by atoms with Gasteiger partial charge in [-0.25, -0.2) is 0 Å². The molecule has 45 heavy (non-hydrogen) atoms. The fourth-order valence-corrected chi connectivity index (χ4v) is 5.00. The van der Waals surface area contributed by atoms with E-state index >= 15 is 0 Å². The molecule has 0 bridgehead atoms. The van der Waals surface area contributed by atoms with Crippen LogP contribution in [0, 0.1) is 0 Å². The fraction of sp³-hybridized carbons (Fsp3) is 0.676. The van der Waals surface area contributed by atoms with Crippen LogP contribution < -0.4 is 4.74 Å². The highest BCUT2D eigenvalue weighted by atomic mass is 16.7. The molecule has 1 atom stereocenters. The minimum atomic E-state index is -1.37. The van der Waals surface area contributed by atoms with Crippen LogP contribution in [0.25, 0.3) is 0 Å². The number of unbranched alkanes of at least 4 members (excludes halogenated alkanes) is 10. The van der Waals surface area contributed by atoms with E-state index in [1.807, 2.05) is 30.3 Å². The van der Waals surface area contributed by atoms with Gasteiger partial charge < -0.3 is 38.6 Å². The lowest BCUT2D eigenvalue weighted by molar-refractivity contribution is -0.185. The van der Waals surface area contributed by atoms with E-state index in [4.69, 9.17) is 33.5 Å². The molecule has 2 aromatic carbocycles. The molecule has 0 heterocycles. The van der Waals surface area contributed by atoms with Gasteiger partial charge in [-0.05, 0) is 37.0 Å². The molecule has 0 aliphatic rings. The molecule has 8 nitrogen and oxygen atoms in total. The van der Waals surface area contributed by atoms with Crippen LogP contribution in [0.15, 0.2) is 60.7 Å². The molecule has 0 radical (unpaired) electrons. The van der Waals surface area contributed by atoms with Crippen LogP contribution in [0.4, 0.5) is 0 Å². The largest absolute Gasteiger partial charge is 0.460 e. The van der Waals surface area contributed by atoms with Gasteiger partial charge in [-0.15, -0.1) is 0 Å². The Hall–Kier alpha value is -2.04. The van der Waals surface area contributed by atoms with Crippen molar-refractivity contribution >= 4 is 0 Å². The molecule has 0 aromatic heterocycles. The van der Waals surface area contributed by atoms with Gasteiger partial charge in [0.05, 0.1) is 66.1 Å². The number of aliphatic hydroxyl groups is 2. The minimum absolute atomic E-state index is 0.0218. The number of ether oxygens (including phenoxy) is 6. The first-order chi connectivity index (χ1) is 22.2. The van der Waals surface area contributed by atoms with E-state index in [-0.39, 0.29) is 13.2 Å². The Morgan fingerprint density at radius 1 is 0.467 bits per heavy atom. The summed E-state index contributed by atoms with van der Waals surface area (Å²) in [5, 5.41) is 19.9. The summed E-state index contributed by atoms with van der Waals surface area (Å²) < 4.78 is 33.3. The molecule has 0 aliphatic heterocycles. The Morgan fingerprint density at radius 2 is 0.889 bits per heavy atom. The van der Waals surface area contributed by atoms with Crippen LogP contribution in [0.1, 0.15) is 82.6 Å². The molecular formula is C37H60O8. The van der Waals surface area contributed by atoms with E-state index in [2.05, 4.69) is 30.3 Å². The normalized spacial score (nSPS) is 12.8. The van der Waals surface area contributed by atoms with E-state index in [9.17, 15) is 5.11 Å². The molecule has 0 saturated carbocycles. The molecule has 1 unspecified atom stereocenters. The Labute approximate surface area is 272 Å². The molecule has 2 N–H and O–H groups in total. The Kier molecular flexibility index (Phi) is 24.5. The number of para-hydroxylation sites is 1. The highest BCUT2D eigenvalue weighted by Gasteiger charge is 2.29. The smallest absolute Gasteiger partial charge is 0.231 e. The van der Waals surface area contributed by atoms with Gasteiger partial charge in [0, 0.05) is 6.42 Å². The third kappa shape index (κ3) is 23.0. The summed E-state index contributed by atoms with van der Waals surface area (Å²) in [6.07, 6.45) is 15.4. The molecular weight excluding hydrogens is 572 g/mol. The standard InChI is InChI=1S/C37H60O8/c38-24-25-40-26-27-41-28-29-42-30-31-43-32-33-44-34-37(39,45-36-21-15-11-16-22-36)23-17-9-7-5-3-1-2-4-6-8-12-18-35-19-13-10-14-20-35/h10-11,13-16,19-22,38-39H,1-9,12,17-18,23-34H2. The first kappa shape index (κ1) is 39.1. The van der Waals surface area contributed by atoms with E-state index in [0.717, 1.165) is 12.8 Å². The van der Waals surface area contributed by atoms with Gasteiger partial charge in [-0.2, -0.15) is 0 Å². The van der Waals surface area contributed by atoms with Gasteiger partial charge in [-0.1, -0.05) is 106 Å². The molecule has 2 rings (SSSR count). The van der Waals surface area contributed by atoms with Gasteiger partial charge >= 0.3 is 0 Å². The number of hydrogen-bond acceptors (Lipinski definition) is 8. The zero-order chi connectivity index (χ0) is 31.9. The van der Waals surface area contributed by atoms with Gasteiger partial charge in [0.2, 0.25) is 5.79 Å². The maximum atomic E-state index is 11.3. The summed E-state index contributed by atoms with van der Waals surface area (Å²) in [6.45, 7) is 4.07. The summed E-state index contributed by atoms with van der Waals surface area (Å²) in [5.74, 6) is -0.729. The summed E-state index contributed by atoms with van der Waals surface area (Å²) >= 11 is 0. The molecule has 0 fully saturated rings. The van der Waals surface area contributed by atoms with Crippen molar-refractivity contribution in [2.45, 2.75) is 89.3 Å². The van der Waals surface area contributed by atoms with Crippen molar-refractivity contribution in [1.82, 2.24) is 0 Å². The number of aryl methyl sites for hydroxylation is 1. The average Bonchev–Trinajstić information content (AvgIpc) is 3.06. The van der Waals surface area contributed by atoms with Crippen molar-refractivity contribution < 1.29 is 38.6 Å². The average molecular weight is 633 g/mol. The number of benzene rings is 2. The van der Waals surface area contributed by atoms with Crippen molar-refractivity contribution in [3.05, 3.63) is 66.2 Å². The van der Waals surface area contributed by atoms with Crippen molar-refractivity contribution in [3.63, 3.8) is 0 Å². The second-order valence-electron chi connectivity index (χ2n) is 11.5. The summed E-state index contributed by atoms with van der Waals surface area (Å²) in [5.41, 5.74) is 1.45. The summed E-state index contributed by atoms with van der Waals surface area (Å²) in [6, 6.07) is 20.2. The molecule has 0 amide bonds. The maximum absolute atomic E-state index is 11.3. The quantitative estimate of drug-likeness (QED) is 0.0676. The predicted molar refractivity (Wildman–Crippen MR) is 179 cm³/mol. The first-order valence-electron chi connectivity index (χ1n) is 17.2. The lowest BCUT2D eigenvalue weighted by atomic mass is 10.0. The zero-order valence-corrected chi connectivity index (χ0v) is 27.6. The van der Waals surface area contributed by atoms with Gasteiger partial charge in [0.1, 0.15) is 12.4 Å². The third-order valence-electron chi connectivity index (χ3n) is 7.48. The second kappa shape index (κ2) is 28.2. The van der Waals surface area contributed by atoms with Crippen LogP contribution in [0.3, 0.4) is 0 Å². The highest BCUT2D eigenvalue weighted by Crippen LogP contribution is 2.23. The minimum Gasteiger partial charge on any atom is -0.460 e. The second-order valence-corrected chi connectivity index (χ2v) is 11.5. The van der Waals surface area contributed by atoms with E-state index < -0.39 is 5.79 Å². The van der Waals surface area contributed by atoms with Crippen LogP contribution in [0.2, 0.25) is 0 Å². The topological polar surface area (TPSA) is 95.8 Å². The Morgan fingerprint density at radius 3 is 1.40 bits per heavy atom. The van der Waals surface area contributed by atoms with Gasteiger partial charge in [-0.3, -0.25) is 0 Å². The lowest BCUT2D eigenvalue weighted by Gasteiger charge is -2.29. The van der Waals surface area contributed by atoms with Gasteiger partial charge in [0.25, 0.3) is 0 Å². The first-order valence-corrected chi connectivity index (χ1v) is 17.2. The number of aliphatic hydroxyl groups excluding tert-OH is 1. The van der Waals surface area contributed by atoms with Crippen molar-refractivity contribution in [3.8, 4) is 5.75 Å². The lowest BCUT2D eigenvalue weighted by Crippen LogP contribution is -2.41. The van der Waals surface area contributed by atoms with Crippen LogP contribution in [0.5, 0.6) is 5.75 Å². The van der Waals surface area contributed by atoms with Gasteiger partial charge in [0.15, 0.2) is 0 Å². The summed E-state index contributed by atoms with van der Waals surface area (Å²) in [4.78, 5) is 0. The maximum Gasteiger partial charge on any atom is 0.231 e. The highest BCUT2D eigenvalue weighted by molar-refractivity contribution is 5.21. The number of rotatable bonds is 32. The van der Waals surface area contributed by atoms with Crippen molar-refractivity contribution in [2.75, 3.05) is 72.7 Å². The van der Waals surface area contributed by atoms with E-state index in [0.29, 0.717) is 71.6 Å². The monoisotopic (exact) mass is 632 g/mol.